The summed E-state index contributed by atoms with van der Waals surface area (Å²) in [6, 6.07) is 0. The molecule has 1 unspecified atom stereocenters. The topological polar surface area (TPSA) is 9.23 Å². The van der Waals surface area contributed by atoms with Gasteiger partial charge in [0.1, 0.15) is 0 Å². The van der Waals surface area contributed by atoms with Gasteiger partial charge in [-0.05, 0) is 12.0 Å². The quantitative estimate of drug-likeness (QED) is 0.356. The lowest BCUT2D eigenvalue weighted by Gasteiger charge is -1.74. The lowest BCUT2D eigenvalue weighted by molar-refractivity contribution is 0.765. The molecule has 1 atom stereocenters. The van der Waals surface area contributed by atoms with Crippen molar-refractivity contribution in [3.63, 3.8) is 0 Å². The van der Waals surface area contributed by atoms with Crippen LogP contribution in [0.15, 0.2) is 0 Å². The minimum absolute atomic E-state index is 1.32. The fourth-order valence-electron chi connectivity index (χ4n) is 0. The van der Waals surface area contributed by atoms with Crippen LogP contribution in [0.5, 0.6) is 0 Å². The predicted molar refractivity (Wildman–Crippen MR) is 24.3 cm³/mol. The second-order valence-corrected chi connectivity index (χ2v) is 1.37. The van der Waals surface area contributed by atoms with Crippen LogP contribution in [0.25, 0.3) is 0 Å². The van der Waals surface area contributed by atoms with E-state index in [9.17, 15) is 0 Å². The summed E-state index contributed by atoms with van der Waals surface area (Å²) in [7, 11) is 2.12. The molecule has 0 aromatic heterocycles. The van der Waals surface area contributed by atoms with E-state index in [2.05, 4.69) is 13.4 Å². The molecule has 0 aromatic carbocycles. The average molecular weight is 96.1 g/mol. The van der Waals surface area contributed by atoms with Gasteiger partial charge in [-0.2, -0.15) is 0 Å². The standard InChI is InChI=1S/CH5OPS/c1-4-2-3/h3H2,1H3. The molecule has 0 rings (SSSR count). The van der Waals surface area contributed by atoms with Crippen LogP contribution in [-0.2, 0) is 3.97 Å². The number of hydrogen-bond donors (Lipinski definition) is 0. The molecule has 26 valence electrons. The summed E-state index contributed by atoms with van der Waals surface area (Å²) in [6.07, 6.45) is 1.85. The van der Waals surface area contributed by atoms with Gasteiger partial charge in [-0.3, -0.25) is 0 Å². The Labute approximate surface area is 32.6 Å². The average Bonchev–Trinajstić information content (AvgIpc) is 1.37. The van der Waals surface area contributed by atoms with E-state index in [0.29, 0.717) is 0 Å². The summed E-state index contributed by atoms with van der Waals surface area (Å²) in [5, 5.41) is 0. The van der Waals surface area contributed by atoms with E-state index in [1.807, 2.05) is 6.26 Å². The Kier molecular flexibility index (Phi) is 4.43. The summed E-state index contributed by atoms with van der Waals surface area (Å²) < 4.78 is 4.38. The van der Waals surface area contributed by atoms with Gasteiger partial charge in [0, 0.05) is 15.7 Å². The van der Waals surface area contributed by atoms with Gasteiger partial charge in [0.15, 0.2) is 0 Å². The van der Waals surface area contributed by atoms with Crippen LogP contribution in [0.2, 0.25) is 0 Å². The zero-order valence-corrected chi connectivity index (χ0v) is 4.37. The Morgan fingerprint density at radius 3 is 2.25 bits per heavy atom. The number of hydrogen-bond acceptors (Lipinski definition) is 2. The highest BCUT2D eigenvalue weighted by Gasteiger charge is 1.52. The molecule has 0 heterocycles. The van der Waals surface area contributed by atoms with Crippen LogP contribution in [0, 0.1) is 0 Å². The van der Waals surface area contributed by atoms with E-state index in [1.165, 1.54) is 12.0 Å². The molecule has 1 nitrogen and oxygen atoms in total. The molecular formula is CH5OPS. The van der Waals surface area contributed by atoms with E-state index >= 15 is 0 Å². The molecule has 4 heavy (non-hydrogen) atoms. The van der Waals surface area contributed by atoms with Crippen LogP contribution in [0.3, 0.4) is 0 Å². The van der Waals surface area contributed by atoms with Crippen LogP contribution >= 0.6 is 21.5 Å². The molecule has 0 aliphatic heterocycles. The fourth-order valence-corrected chi connectivity index (χ4v) is 0. The van der Waals surface area contributed by atoms with E-state index in [4.69, 9.17) is 0 Å². The van der Waals surface area contributed by atoms with Crippen molar-refractivity contribution in [1.29, 1.82) is 0 Å². The van der Waals surface area contributed by atoms with Crippen molar-refractivity contribution in [3.8, 4) is 0 Å². The molecule has 0 radical (unpaired) electrons. The normalized spacial score (nSPS) is 7.50. The third-order valence-corrected chi connectivity index (χ3v) is 0.866. The molecule has 0 N–H and O–H groups in total. The van der Waals surface area contributed by atoms with Crippen molar-refractivity contribution >= 4 is 21.5 Å². The molecule has 0 bridgehead atoms. The third-order valence-electron chi connectivity index (χ3n) is 0.0962. The van der Waals surface area contributed by atoms with Crippen molar-refractivity contribution in [2.75, 3.05) is 6.26 Å². The summed E-state index contributed by atoms with van der Waals surface area (Å²) in [6.45, 7) is 0. The van der Waals surface area contributed by atoms with Crippen LogP contribution in [-0.4, -0.2) is 6.26 Å². The molecule has 0 fully saturated rings. The molecule has 0 amide bonds. The highest BCUT2D eigenvalue weighted by atomic mass is 32.2. The lowest BCUT2D eigenvalue weighted by Crippen LogP contribution is -1.37. The van der Waals surface area contributed by atoms with Crippen molar-refractivity contribution in [3.05, 3.63) is 0 Å². The minimum Gasteiger partial charge on any atom is -0.300 e. The van der Waals surface area contributed by atoms with Crippen molar-refractivity contribution in [1.82, 2.24) is 0 Å². The van der Waals surface area contributed by atoms with Gasteiger partial charge in [-0.25, -0.2) is 0 Å². The molecule has 3 heteroatoms. The van der Waals surface area contributed by atoms with Crippen LogP contribution in [0.4, 0.5) is 0 Å². The summed E-state index contributed by atoms with van der Waals surface area (Å²) in [5.41, 5.74) is 0. The smallest absolute Gasteiger partial charge is 0.0174 e. The van der Waals surface area contributed by atoms with E-state index in [-0.39, 0.29) is 0 Å². The Morgan fingerprint density at radius 2 is 2.25 bits per heavy atom. The van der Waals surface area contributed by atoms with Gasteiger partial charge in [-0.15, -0.1) is 0 Å². The maximum atomic E-state index is 4.38. The zero-order valence-electron chi connectivity index (χ0n) is 2.39. The fraction of sp³-hybridized carbons (Fsp3) is 1.00. The highest BCUT2D eigenvalue weighted by Crippen LogP contribution is 1.98. The summed E-state index contributed by atoms with van der Waals surface area (Å²) in [5.74, 6) is 0. The first-order valence-corrected chi connectivity index (χ1v) is 2.43. The summed E-state index contributed by atoms with van der Waals surface area (Å²) >= 11 is 1.32. The first kappa shape index (κ1) is 4.74. The van der Waals surface area contributed by atoms with E-state index in [0.717, 1.165) is 0 Å². The largest absolute Gasteiger partial charge is 0.300 e. The Hall–Kier alpha value is 0.740. The SMILES string of the molecule is CSOP. The molecular weight excluding hydrogens is 91.1 g/mol. The monoisotopic (exact) mass is 96.0 g/mol. The maximum Gasteiger partial charge on any atom is 0.0174 e. The maximum absolute atomic E-state index is 4.38. The van der Waals surface area contributed by atoms with Crippen LogP contribution in [0.1, 0.15) is 0 Å². The van der Waals surface area contributed by atoms with Gasteiger partial charge in [0.05, 0.1) is 0 Å². The summed E-state index contributed by atoms with van der Waals surface area (Å²) in [4.78, 5) is 0. The zero-order chi connectivity index (χ0) is 3.41. The third kappa shape index (κ3) is 2.74. The second-order valence-electron chi connectivity index (χ2n) is 0.263. The first-order valence-electron chi connectivity index (χ1n) is 0.811. The molecule has 0 saturated carbocycles. The highest BCUT2D eigenvalue weighted by molar-refractivity contribution is 7.95. The van der Waals surface area contributed by atoms with Crippen molar-refractivity contribution < 1.29 is 3.97 Å². The molecule has 0 aromatic rings. The van der Waals surface area contributed by atoms with Gasteiger partial charge >= 0.3 is 0 Å². The van der Waals surface area contributed by atoms with Crippen LogP contribution < -0.4 is 0 Å². The minimum atomic E-state index is 1.32. The van der Waals surface area contributed by atoms with E-state index < -0.39 is 0 Å². The molecule has 0 saturated heterocycles. The van der Waals surface area contributed by atoms with Crippen molar-refractivity contribution in [2.45, 2.75) is 0 Å². The Morgan fingerprint density at radius 1 is 2.00 bits per heavy atom. The Balaban J connectivity index is 1.97. The van der Waals surface area contributed by atoms with Gasteiger partial charge in [0.25, 0.3) is 0 Å². The van der Waals surface area contributed by atoms with E-state index in [1.54, 1.807) is 0 Å². The second kappa shape index (κ2) is 3.74. The molecule has 0 aliphatic carbocycles. The molecule has 0 spiro atoms. The van der Waals surface area contributed by atoms with Crippen molar-refractivity contribution in [2.24, 2.45) is 0 Å². The predicted octanol–water partition coefficient (Wildman–Crippen LogP) is 1.07. The molecule has 0 aliphatic rings. The van der Waals surface area contributed by atoms with Gasteiger partial charge in [-0.1, -0.05) is 0 Å². The first-order chi connectivity index (χ1) is 1.91. The number of rotatable bonds is 1. The lowest BCUT2D eigenvalue weighted by atomic mass is 12.0. The van der Waals surface area contributed by atoms with Gasteiger partial charge < -0.3 is 3.97 Å². The van der Waals surface area contributed by atoms with Gasteiger partial charge in [0.2, 0.25) is 0 Å². The Bertz CT molecular complexity index is 10.0.